The minimum Gasteiger partial charge on any atom is -0.497 e. The van der Waals surface area contributed by atoms with Gasteiger partial charge in [0.1, 0.15) is 5.75 Å². The average Bonchev–Trinajstić information content (AvgIpc) is 3.07. The molecule has 0 aliphatic carbocycles. The van der Waals surface area contributed by atoms with Gasteiger partial charge in [-0.25, -0.2) is 10.4 Å². The van der Waals surface area contributed by atoms with Gasteiger partial charge < -0.3 is 9.72 Å². The minimum absolute atomic E-state index is 0.269. The molecule has 1 aromatic heterocycles. The lowest BCUT2D eigenvalue weighted by atomic mass is 10.1. The van der Waals surface area contributed by atoms with Gasteiger partial charge in [-0.2, -0.15) is 5.10 Å². The molecule has 2 aromatic carbocycles. The second kappa shape index (κ2) is 6.31. The van der Waals surface area contributed by atoms with E-state index in [0.717, 1.165) is 22.3 Å². The smallest absolute Gasteiger partial charge is 0.271 e. The van der Waals surface area contributed by atoms with E-state index in [2.05, 4.69) is 20.5 Å². The second-order valence-electron chi connectivity index (χ2n) is 5.00. The maximum Gasteiger partial charge on any atom is 0.271 e. The fourth-order valence-corrected chi connectivity index (χ4v) is 2.17. The highest BCUT2D eigenvalue weighted by Crippen LogP contribution is 2.13. The molecule has 0 aliphatic rings. The number of hydrogen-bond acceptors (Lipinski definition) is 4. The van der Waals surface area contributed by atoms with Crippen molar-refractivity contribution in [3.8, 4) is 5.75 Å². The number of rotatable bonds is 4. The monoisotopic (exact) mass is 308 g/mol. The summed E-state index contributed by atoms with van der Waals surface area (Å²) in [6.45, 7) is 1.83. The van der Waals surface area contributed by atoms with E-state index in [-0.39, 0.29) is 5.91 Å². The number of hydrogen-bond donors (Lipinski definition) is 2. The molecule has 3 rings (SSSR count). The normalized spacial score (nSPS) is 11.5. The number of carbonyl (C=O) groups excluding carboxylic acids is 1. The lowest BCUT2D eigenvalue weighted by Gasteiger charge is -2.04. The average molecular weight is 308 g/mol. The molecule has 23 heavy (non-hydrogen) atoms. The van der Waals surface area contributed by atoms with Crippen LogP contribution in [0, 0.1) is 0 Å². The third-order valence-electron chi connectivity index (χ3n) is 3.52. The van der Waals surface area contributed by atoms with Crippen LogP contribution < -0.4 is 10.2 Å². The summed E-state index contributed by atoms with van der Waals surface area (Å²) in [5.74, 6) is 0.507. The van der Waals surface area contributed by atoms with E-state index in [1.807, 2.05) is 31.2 Å². The van der Waals surface area contributed by atoms with E-state index in [4.69, 9.17) is 4.74 Å². The van der Waals surface area contributed by atoms with Crippen molar-refractivity contribution < 1.29 is 9.53 Å². The molecular weight excluding hydrogens is 292 g/mol. The Labute approximate surface area is 133 Å². The number of ether oxygens (including phenoxy) is 1. The summed E-state index contributed by atoms with van der Waals surface area (Å²) in [6, 6.07) is 12.7. The topological polar surface area (TPSA) is 79.4 Å². The first-order chi connectivity index (χ1) is 11.2. The highest BCUT2D eigenvalue weighted by molar-refractivity contribution is 6.01. The number of nitrogens with zero attached hydrogens (tertiary/aromatic N) is 2. The standard InChI is InChI=1S/C17H16N4O2/c1-11(12-3-6-14(23-2)7-4-12)20-21-17(22)13-5-8-15-16(9-13)19-10-18-15/h3-10H,1-2H3,(H,18,19)(H,21,22)/b20-11+. The maximum absolute atomic E-state index is 12.2. The van der Waals surface area contributed by atoms with Crippen LogP contribution in [0.1, 0.15) is 22.8 Å². The number of nitrogens with one attached hydrogen (secondary N) is 2. The van der Waals surface area contributed by atoms with Crippen molar-refractivity contribution in [3.05, 3.63) is 59.9 Å². The van der Waals surface area contributed by atoms with Crippen molar-refractivity contribution in [2.45, 2.75) is 6.92 Å². The molecule has 0 spiro atoms. The molecule has 1 amide bonds. The third-order valence-corrected chi connectivity index (χ3v) is 3.52. The van der Waals surface area contributed by atoms with Gasteiger partial charge in [0.15, 0.2) is 0 Å². The number of fused-ring (bicyclic) bond motifs is 1. The van der Waals surface area contributed by atoms with Gasteiger partial charge in [0.05, 0.1) is 30.2 Å². The van der Waals surface area contributed by atoms with E-state index >= 15 is 0 Å². The van der Waals surface area contributed by atoms with Gasteiger partial charge in [-0.15, -0.1) is 0 Å². The Morgan fingerprint density at radius 2 is 1.91 bits per heavy atom. The molecule has 0 unspecified atom stereocenters. The van der Waals surface area contributed by atoms with Gasteiger partial charge in [-0.1, -0.05) is 0 Å². The van der Waals surface area contributed by atoms with Crippen LogP contribution in [0.4, 0.5) is 0 Å². The Morgan fingerprint density at radius 1 is 1.17 bits per heavy atom. The Balaban J connectivity index is 1.73. The molecule has 6 nitrogen and oxygen atoms in total. The number of aromatic nitrogens is 2. The number of methoxy groups -OCH3 is 1. The van der Waals surface area contributed by atoms with Gasteiger partial charge in [0.25, 0.3) is 5.91 Å². The van der Waals surface area contributed by atoms with E-state index in [0.29, 0.717) is 11.3 Å². The molecular formula is C17H16N4O2. The van der Waals surface area contributed by atoms with Gasteiger partial charge in [0.2, 0.25) is 0 Å². The fraction of sp³-hybridized carbons (Fsp3) is 0.118. The molecule has 116 valence electrons. The predicted molar refractivity (Wildman–Crippen MR) is 88.8 cm³/mol. The van der Waals surface area contributed by atoms with Crippen LogP contribution in [0.2, 0.25) is 0 Å². The molecule has 0 bridgehead atoms. The Bertz CT molecular complexity index is 866. The van der Waals surface area contributed by atoms with Gasteiger partial charge in [-0.05, 0) is 55.0 Å². The fourth-order valence-electron chi connectivity index (χ4n) is 2.17. The number of amides is 1. The zero-order valence-electron chi connectivity index (χ0n) is 12.8. The van der Waals surface area contributed by atoms with Crippen LogP contribution in [0.15, 0.2) is 53.9 Å². The molecule has 6 heteroatoms. The van der Waals surface area contributed by atoms with Crippen LogP contribution in [-0.2, 0) is 0 Å². The first-order valence-corrected chi connectivity index (χ1v) is 7.09. The molecule has 0 saturated heterocycles. The molecule has 0 fully saturated rings. The van der Waals surface area contributed by atoms with Crippen molar-refractivity contribution in [2.24, 2.45) is 5.10 Å². The summed E-state index contributed by atoms with van der Waals surface area (Å²) in [5, 5.41) is 4.14. The number of carbonyl (C=O) groups is 1. The third kappa shape index (κ3) is 3.21. The maximum atomic E-state index is 12.2. The number of imidazole rings is 1. The molecule has 0 radical (unpaired) electrons. The summed E-state index contributed by atoms with van der Waals surface area (Å²) in [7, 11) is 1.62. The largest absolute Gasteiger partial charge is 0.497 e. The Morgan fingerprint density at radius 3 is 2.65 bits per heavy atom. The molecule has 1 heterocycles. The Kier molecular flexibility index (Phi) is 4.05. The van der Waals surface area contributed by atoms with E-state index in [9.17, 15) is 4.79 Å². The van der Waals surface area contributed by atoms with Crippen molar-refractivity contribution in [2.75, 3.05) is 7.11 Å². The minimum atomic E-state index is -0.269. The van der Waals surface area contributed by atoms with Crippen LogP contribution in [0.25, 0.3) is 11.0 Å². The van der Waals surface area contributed by atoms with Crippen molar-refractivity contribution in [1.29, 1.82) is 0 Å². The zero-order valence-corrected chi connectivity index (χ0v) is 12.8. The molecule has 0 saturated carbocycles. The van der Waals surface area contributed by atoms with Crippen molar-refractivity contribution >= 4 is 22.7 Å². The number of aromatic amines is 1. The van der Waals surface area contributed by atoms with Crippen LogP contribution in [0.5, 0.6) is 5.75 Å². The molecule has 0 atom stereocenters. The number of benzene rings is 2. The van der Waals surface area contributed by atoms with Crippen LogP contribution >= 0.6 is 0 Å². The molecule has 2 N–H and O–H groups in total. The Hall–Kier alpha value is -3.15. The highest BCUT2D eigenvalue weighted by atomic mass is 16.5. The quantitative estimate of drug-likeness (QED) is 0.574. The van der Waals surface area contributed by atoms with Gasteiger partial charge in [0, 0.05) is 5.56 Å². The lowest BCUT2D eigenvalue weighted by Crippen LogP contribution is -2.19. The van der Waals surface area contributed by atoms with Crippen molar-refractivity contribution in [1.82, 2.24) is 15.4 Å². The van der Waals surface area contributed by atoms with Crippen molar-refractivity contribution in [3.63, 3.8) is 0 Å². The lowest BCUT2D eigenvalue weighted by molar-refractivity contribution is 0.0955. The van der Waals surface area contributed by atoms with Crippen LogP contribution in [0.3, 0.4) is 0 Å². The first-order valence-electron chi connectivity index (χ1n) is 7.09. The summed E-state index contributed by atoms with van der Waals surface area (Å²) >= 11 is 0. The highest BCUT2D eigenvalue weighted by Gasteiger charge is 2.07. The number of H-pyrrole nitrogens is 1. The van der Waals surface area contributed by atoms with E-state index in [1.54, 1.807) is 31.6 Å². The molecule has 3 aromatic rings. The summed E-state index contributed by atoms with van der Waals surface area (Å²) in [4.78, 5) is 19.3. The van der Waals surface area contributed by atoms with E-state index < -0.39 is 0 Å². The summed E-state index contributed by atoms with van der Waals surface area (Å²) in [5.41, 5.74) is 6.34. The first kappa shape index (κ1) is 14.8. The van der Waals surface area contributed by atoms with Gasteiger partial charge >= 0.3 is 0 Å². The SMILES string of the molecule is COc1ccc(/C(C)=N/NC(=O)c2ccc3nc[nH]c3c2)cc1. The van der Waals surface area contributed by atoms with Crippen LogP contribution in [-0.4, -0.2) is 28.7 Å². The summed E-state index contributed by atoms with van der Waals surface area (Å²) in [6.07, 6.45) is 1.60. The predicted octanol–water partition coefficient (Wildman–Crippen LogP) is 2.73. The zero-order chi connectivity index (χ0) is 16.2. The molecule has 0 aliphatic heterocycles. The number of hydrazone groups is 1. The van der Waals surface area contributed by atoms with E-state index in [1.165, 1.54) is 0 Å². The second-order valence-corrected chi connectivity index (χ2v) is 5.00. The summed E-state index contributed by atoms with van der Waals surface area (Å²) < 4.78 is 5.12. The van der Waals surface area contributed by atoms with Gasteiger partial charge in [-0.3, -0.25) is 4.79 Å².